The van der Waals surface area contributed by atoms with Crippen molar-refractivity contribution in [1.29, 1.82) is 0 Å². The average molecular weight is 238 g/mol. The molecule has 1 atom stereocenters. The third-order valence-corrected chi connectivity index (χ3v) is 4.52. The summed E-state index contributed by atoms with van der Waals surface area (Å²) in [6.07, 6.45) is 5.45. The molecule has 2 heterocycles. The highest BCUT2D eigenvalue weighted by Gasteiger charge is 2.43. The van der Waals surface area contributed by atoms with E-state index in [1.807, 2.05) is 11.9 Å². The summed E-state index contributed by atoms with van der Waals surface area (Å²) < 4.78 is 0. The third kappa shape index (κ3) is 2.65. The molecule has 0 unspecified atom stereocenters. The van der Waals surface area contributed by atoms with E-state index in [0.717, 1.165) is 25.3 Å². The van der Waals surface area contributed by atoms with Gasteiger partial charge in [-0.15, -0.1) is 0 Å². The molecular weight excluding hydrogens is 212 g/mol. The molecule has 2 saturated heterocycles. The van der Waals surface area contributed by atoms with Crippen LogP contribution >= 0.6 is 0 Å². The number of hydrogen-bond donors (Lipinski definition) is 0. The standard InChI is InChI=1S/C14H26N2O/c1-12(2)11-16-9-4-6-14(8-10-16)7-5-13(17)15(14)3/h12H,4-11H2,1-3H3/t14-/m1/s1. The van der Waals surface area contributed by atoms with Gasteiger partial charge in [0, 0.05) is 32.1 Å². The third-order valence-electron chi connectivity index (χ3n) is 4.52. The fraction of sp³-hybridized carbons (Fsp3) is 0.929. The van der Waals surface area contributed by atoms with Crippen molar-refractivity contribution >= 4 is 5.91 Å². The van der Waals surface area contributed by atoms with Crippen LogP contribution in [-0.2, 0) is 4.79 Å². The highest BCUT2D eigenvalue weighted by molar-refractivity contribution is 5.79. The SMILES string of the molecule is CC(C)CN1CCC[C@@]2(CCC(=O)N2C)CC1. The summed E-state index contributed by atoms with van der Waals surface area (Å²) in [5.41, 5.74) is 0.197. The Balaban J connectivity index is 1.98. The van der Waals surface area contributed by atoms with Gasteiger partial charge in [0.05, 0.1) is 0 Å². The summed E-state index contributed by atoms with van der Waals surface area (Å²) in [5, 5.41) is 0. The number of carbonyl (C=O) groups excluding carboxylic acids is 1. The van der Waals surface area contributed by atoms with Gasteiger partial charge in [0.25, 0.3) is 0 Å². The fourth-order valence-electron chi connectivity index (χ4n) is 3.46. The van der Waals surface area contributed by atoms with Crippen LogP contribution in [0.1, 0.15) is 46.0 Å². The van der Waals surface area contributed by atoms with Crippen molar-refractivity contribution in [2.45, 2.75) is 51.5 Å². The Morgan fingerprint density at radius 2 is 2.00 bits per heavy atom. The van der Waals surface area contributed by atoms with Crippen LogP contribution in [0.4, 0.5) is 0 Å². The Morgan fingerprint density at radius 3 is 2.59 bits per heavy atom. The molecule has 2 aliphatic rings. The lowest BCUT2D eigenvalue weighted by Gasteiger charge is -2.35. The minimum absolute atomic E-state index is 0.197. The maximum Gasteiger partial charge on any atom is 0.222 e. The number of nitrogens with zero attached hydrogens (tertiary/aromatic N) is 2. The van der Waals surface area contributed by atoms with Crippen molar-refractivity contribution in [3.8, 4) is 0 Å². The Labute approximate surface area is 105 Å². The molecule has 0 saturated carbocycles. The molecule has 0 N–H and O–H groups in total. The quantitative estimate of drug-likeness (QED) is 0.735. The molecular formula is C14H26N2O. The Kier molecular flexibility index (Phi) is 3.76. The van der Waals surface area contributed by atoms with Gasteiger partial charge in [-0.3, -0.25) is 4.79 Å². The molecule has 1 amide bonds. The molecule has 1 spiro atoms. The first kappa shape index (κ1) is 12.9. The zero-order chi connectivity index (χ0) is 12.5. The summed E-state index contributed by atoms with van der Waals surface area (Å²) >= 11 is 0. The van der Waals surface area contributed by atoms with E-state index in [1.165, 1.54) is 32.4 Å². The smallest absolute Gasteiger partial charge is 0.222 e. The number of carbonyl (C=O) groups is 1. The first-order valence-electron chi connectivity index (χ1n) is 7.02. The fourth-order valence-corrected chi connectivity index (χ4v) is 3.46. The first-order valence-corrected chi connectivity index (χ1v) is 7.02. The van der Waals surface area contributed by atoms with Crippen LogP contribution < -0.4 is 0 Å². The van der Waals surface area contributed by atoms with Gasteiger partial charge >= 0.3 is 0 Å². The van der Waals surface area contributed by atoms with Crippen molar-refractivity contribution in [1.82, 2.24) is 9.80 Å². The van der Waals surface area contributed by atoms with Crippen LogP contribution in [0.3, 0.4) is 0 Å². The number of rotatable bonds is 2. The number of likely N-dealkylation sites (tertiary alicyclic amines) is 2. The second kappa shape index (κ2) is 4.97. The number of hydrogen-bond acceptors (Lipinski definition) is 2. The van der Waals surface area contributed by atoms with Crippen LogP contribution in [-0.4, -0.2) is 47.9 Å². The lowest BCUT2D eigenvalue weighted by molar-refractivity contribution is -0.129. The largest absolute Gasteiger partial charge is 0.340 e. The summed E-state index contributed by atoms with van der Waals surface area (Å²) in [6, 6.07) is 0. The van der Waals surface area contributed by atoms with E-state index in [1.54, 1.807) is 0 Å². The Morgan fingerprint density at radius 1 is 1.24 bits per heavy atom. The molecule has 17 heavy (non-hydrogen) atoms. The maximum absolute atomic E-state index is 11.7. The van der Waals surface area contributed by atoms with E-state index < -0.39 is 0 Å². The topological polar surface area (TPSA) is 23.6 Å². The predicted octanol–water partition coefficient (Wildman–Crippen LogP) is 2.12. The van der Waals surface area contributed by atoms with Gasteiger partial charge in [0.1, 0.15) is 0 Å². The summed E-state index contributed by atoms with van der Waals surface area (Å²) in [7, 11) is 2.01. The lowest BCUT2D eigenvalue weighted by atomic mass is 9.88. The van der Waals surface area contributed by atoms with Crippen LogP contribution in [0.5, 0.6) is 0 Å². The van der Waals surface area contributed by atoms with E-state index in [9.17, 15) is 4.79 Å². The zero-order valence-electron chi connectivity index (χ0n) is 11.5. The minimum atomic E-state index is 0.197. The molecule has 0 aromatic carbocycles. The van der Waals surface area contributed by atoms with E-state index in [4.69, 9.17) is 0 Å². The van der Waals surface area contributed by atoms with Gasteiger partial charge in [-0.25, -0.2) is 0 Å². The molecule has 2 rings (SSSR count). The van der Waals surface area contributed by atoms with Gasteiger partial charge in [-0.1, -0.05) is 13.8 Å². The molecule has 0 aromatic rings. The average Bonchev–Trinajstić information content (AvgIpc) is 2.48. The van der Waals surface area contributed by atoms with Crippen molar-refractivity contribution in [3.63, 3.8) is 0 Å². The van der Waals surface area contributed by atoms with Crippen LogP contribution in [0, 0.1) is 5.92 Å². The van der Waals surface area contributed by atoms with Crippen molar-refractivity contribution < 1.29 is 4.79 Å². The molecule has 0 aromatic heterocycles. The van der Waals surface area contributed by atoms with Crippen molar-refractivity contribution in [2.75, 3.05) is 26.7 Å². The first-order chi connectivity index (χ1) is 8.03. The van der Waals surface area contributed by atoms with Gasteiger partial charge < -0.3 is 9.80 Å². The molecule has 2 aliphatic heterocycles. The molecule has 0 radical (unpaired) electrons. The van der Waals surface area contributed by atoms with E-state index in [-0.39, 0.29) is 5.54 Å². The van der Waals surface area contributed by atoms with Gasteiger partial charge in [-0.05, 0) is 38.1 Å². The summed E-state index contributed by atoms with van der Waals surface area (Å²) in [5.74, 6) is 1.09. The predicted molar refractivity (Wildman–Crippen MR) is 69.9 cm³/mol. The van der Waals surface area contributed by atoms with Crippen molar-refractivity contribution in [3.05, 3.63) is 0 Å². The summed E-state index contributed by atoms with van der Waals surface area (Å²) in [6.45, 7) is 8.14. The van der Waals surface area contributed by atoms with Gasteiger partial charge in [-0.2, -0.15) is 0 Å². The van der Waals surface area contributed by atoms with E-state index in [2.05, 4.69) is 18.7 Å². The Hall–Kier alpha value is -0.570. The minimum Gasteiger partial charge on any atom is -0.340 e. The molecule has 3 nitrogen and oxygen atoms in total. The molecule has 0 bridgehead atoms. The molecule has 2 fully saturated rings. The molecule has 3 heteroatoms. The van der Waals surface area contributed by atoms with E-state index >= 15 is 0 Å². The van der Waals surface area contributed by atoms with Gasteiger partial charge in [0.15, 0.2) is 0 Å². The normalized spacial score (nSPS) is 31.5. The lowest BCUT2D eigenvalue weighted by Crippen LogP contribution is -2.43. The van der Waals surface area contributed by atoms with Crippen molar-refractivity contribution in [2.24, 2.45) is 5.92 Å². The van der Waals surface area contributed by atoms with Crippen LogP contribution in [0.2, 0.25) is 0 Å². The van der Waals surface area contributed by atoms with Crippen LogP contribution in [0.25, 0.3) is 0 Å². The molecule has 0 aliphatic carbocycles. The summed E-state index contributed by atoms with van der Waals surface area (Å²) in [4.78, 5) is 16.4. The number of amides is 1. The maximum atomic E-state index is 11.7. The second-order valence-corrected chi connectivity index (χ2v) is 6.23. The zero-order valence-corrected chi connectivity index (χ0v) is 11.5. The molecule has 98 valence electrons. The second-order valence-electron chi connectivity index (χ2n) is 6.23. The van der Waals surface area contributed by atoms with Crippen LogP contribution in [0.15, 0.2) is 0 Å². The monoisotopic (exact) mass is 238 g/mol. The van der Waals surface area contributed by atoms with E-state index in [0.29, 0.717) is 5.91 Å². The highest BCUT2D eigenvalue weighted by Crippen LogP contribution is 2.37. The van der Waals surface area contributed by atoms with Gasteiger partial charge in [0.2, 0.25) is 5.91 Å². The Bertz CT molecular complexity index is 290. The highest BCUT2D eigenvalue weighted by atomic mass is 16.2.